The lowest BCUT2D eigenvalue weighted by atomic mass is 9.79. The van der Waals surface area contributed by atoms with E-state index in [-0.39, 0.29) is 5.97 Å². The van der Waals surface area contributed by atoms with E-state index in [1.807, 2.05) is 0 Å². The summed E-state index contributed by atoms with van der Waals surface area (Å²) in [5, 5.41) is 10.7. The minimum absolute atomic E-state index is 0.0944. The van der Waals surface area contributed by atoms with Crippen molar-refractivity contribution in [1.82, 2.24) is 4.90 Å². The van der Waals surface area contributed by atoms with Crippen LogP contribution in [0.15, 0.2) is 0 Å². The van der Waals surface area contributed by atoms with Crippen LogP contribution in [0.5, 0.6) is 0 Å². The monoisotopic (exact) mass is 297 g/mol. The molecule has 0 amide bonds. The minimum Gasteiger partial charge on any atom is -0.469 e. The molecule has 1 heterocycles. The molecule has 1 aliphatic carbocycles. The molecule has 0 spiro atoms. The van der Waals surface area contributed by atoms with Gasteiger partial charge >= 0.3 is 5.97 Å². The van der Waals surface area contributed by atoms with Gasteiger partial charge in [-0.2, -0.15) is 0 Å². The summed E-state index contributed by atoms with van der Waals surface area (Å²) in [5.41, 5.74) is -0.453. The number of piperidine rings is 1. The van der Waals surface area contributed by atoms with Crippen molar-refractivity contribution in [1.29, 1.82) is 0 Å². The van der Waals surface area contributed by atoms with Gasteiger partial charge < -0.3 is 14.7 Å². The number of ether oxygens (including phenoxy) is 1. The topological polar surface area (TPSA) is 49.8 Å². The van der Waals surface area contributed by atoms with Gasteiger partial charge in [0.2, 0.25) is 0 Å². The standard InChI is InChI=1S/C17H31NO3/c1-14-5-9-17(20,10-6-14)13-18-11-7-15(8-12-18)3-4-16(19)21-2/h14-15,20H,3-13H2,1-2H3. The molecule has 0 bridgehead atoms. The molecule has 0 unspecified atom stereocenters. The molecule has 4 heteroatoms. The first-order valence-corrected chi connectivity index (χ1v) is 8.52. The molecule has 0 aromatic rings. The highest BCUT2D eigenvalue weighted by molar-refractivity contribution is 5.69. The Morgan fingerprint density at radius 1 is 1.24 bits per heavy atom. The first kappa shape index (κ1) is 16.8. The van der Waals surface area contributed by atoms with Crippen molar-refractivity contribution in [3.05, 3.63) is 0 Å². The van der Waals surface area contributed by atoms with Crippen molar-refractivity contribution >= 4 is 5.97 Å². The molecule has 1 aliphatic heterocycles. The van der Waals surface area contributed by atoms with E-state index in [1.54, 1.807) is 0 Å². The third-order valence-corrected chi connectivity index (χ3v) is 5.41. The fourth-order valence-electron chi connectivity index (χ4n) is 3.73. The maximum atomic E-state index is 11.2. The lowest BCUT2D eigenvalue weighted by molar-refractivity contribution is -0.141. The van der Waals surface area contributed by atoms with Crippen LogP contribution in [0, 0.1) is 11.8 Å². The van der Waals surface area contributed by atoms with Crippen molar-refractivity contribution in [3.63, 3.8) is 0 Å². The van der Waals surface area contributed by atoms with E-state index >= 15 is 0 Å². The second-order valence-electron chi connectivity index (χ2n) is 7.24. The molecule has 2 rings (SSSR count). The van der Waals surface area contributed by atoms with Gasteiger partial charge in [-0.1, -0.05) is 6.92 Å². The maximum absolute atomic E-state index is 11.2. The van der Waals surface area contributed by atoms with Crippen LogP contribution in [0.4, 0.5) is 0 Å². The molecule has 0 aromatic heterocycles. The summed E-state index contributed by atoms with van der Waals surface area (Å²) in [4.78, 5) is 13.6. The van der Waals surface area contributed by atoms with Crippen LogP contribution in [-0.4, -0.2) is 48.3 Å². The van der Waals surface area contributed by atoms with Crippen LogP contribution in [-0.2, 0) is 9.53 Å². The Hall–Kier alpha value is -0.610. The Morgan fingerprint density at radius 2 is 1.86 bits per heavy atom. The fraction of sp³-hybridized carbons (Fsp3) is 0.941. The third-order valence-electron chi connectivity index (χ3n) is 5.41. The zero-order valence-corrected chi connectivity index (χ0v) is 13.6. The van der Waals surface area contributed by atoms with Gasteiger partial charge in [-0.25, -0.2) is 0 Å². The predicted molar refractivity (Wildman–Crippen MR) is 83.0 cm³/mol. The van der Waals surface area contributed by atoms with E-state index in [0.717, 1.165) is 70.5 Å². The van der Waals surface area contributed by atoms with Crippen molar-refractivity contribution in [2.75, 3.05) is 26.7 Å². The highest BCUT2D eigenvalue weighted by Gasteiger charge is 2.34. The van der Waals surface area contributed by atoms with Crippen molar-refractivity contribution in [3.8, 4) is 0 Å². The second kappa shape index (κ2) is 7.59. The number of carbonyl (C=O) groups is 1. The number of likely N-dealkylation sites (tertiary alicyclic amines) is 1. The summed E-state index contributed by atoms with van der Waals surface area (Å²) in [7, 11) is 1.46. The largest absolute Gasteiger partial charge is 0.469 e. The zero-order valence-electron chi connectivity index (χ0n) is 13.6. The van der Waals surface area contributed by atoms with E-state index < -0.39 is 5.60 Å². The molecule has 21 heavy (non-hydrogen) atoms. The van der Waals surface area contributed by atoms with Crippen LogP contribution in [0.25, 0.3) is 0 Å². The Bertz CT molecular complexity index is 329. The highest BCUT2D eigenvalue weighted by atomic mass is 16.5. The summed E-state index contributed by atoms with van der Waals surface area (Å²) >= 11 is 0. The third kappa shape index (κ3) is 5.26. The molecule has 1 N–H and O–H groups in total. The average molecular weight is 297 g/mol. The SMILES string of the molecule is COC(=O)CCC1CCN(CC2(O)CCC(C)CC2)CC1. The van der Waals surface area contributed by atoms with Crippen molar-refractivity contribution in [2.24, 2.45) is 11.8 Å². The Balaban J connectivity index is 1.68. The van der Waals surface area contributed by atoms with Gasteiger partial charge in [-0.15, -0.1) is 0 Å². The first-order chi connectivity index (χ1) is 10.0. The van der Waals surface area contributed by atoms with Gasteiger partial charge in [-0.3, -0.25) is 4.79 Å². The normalized spacial score (nSPS) is 32.0. The number of hydrogen-bond donors (Lipinski definition) is 1. The Labute approximate surface area is 128 Å². The van der Waals surface area contributed by atoms with Crippen LogP contribution in [0.3, 0.4) is 0 Å². The molecule has 1 saturated carbocycles. The van der Waals surface area contributed by atoms with E-state index in [0.29, 0.717) is 12.3 Å². The van der Waals surface area contributed by atoms with Crippen LogP contribution < -0.4 is 0 Å². The number of aliphatic hydroxyl groups is 1. The highest BCUT2D eigenvalue weighted by Crippen LogP contribution is 2.33. The first-order valence-electron chi connectivity index (χ1n) is 8.52. The zero-order chi connectivity index (χ0) is 15.3. The van der Waals surface area contributed by atoms with Gasteiger partial charge in [0.1, 0.15) is 0 Å². The molecular weight excluding hydrogens is 266 g/mol. The molecule has 4 nitrogen and oxygen atoms in total. The molecule has 0 aromatic carbocycles. The van der Waals surface area contributed by atoms with E-state index in [9.17, 15) is 9.90 Å². The number of esters is 1. The average Bonchev–Trinajstić information content (AvgIpc) is 2.49. The maximum Gasteiger partial charge on any atom is 0.305 e. The lowest BCUT2D eigenvalue weighted by Gasteiger charge is -2.41. The van der Waals surface area contributed by atoms with E-state index in [2.05, 4.69) is 11.8 Å². The summed E-state index contributed by atoms with van der Waals surface area (Å²) in [6.07, 6.45) is 8.00. The van der Waals surface area contributed by atoms with Crippen LogP contribution >= 0.6 is 0 Å². The van der Waals surface area contributed by atoms with Gasteiger partial charge in [-0.05, 0) is 69.9 Å². The van der Waals surface area contributed by atoms with Crippen LogP contribution in [0.1, 0.15) is 58.3 Å². The summed E-state index contributed by atoms with van der Waals surface area (Å²) in [5.74, 6) is 1.32. The number of carbonyl (C=O) groups excluding carboxylic acids is 1. The fourth-order valence-corrected chi connectivity index (χ4v) is 3.73. The minimum atomic E-state index is -0.453. The van der Waals surface area contributed by atoms with Crippen LogP contribution in [0.2, 0.25) is 0 Å². The molecule has 2 aliphatic rings. The summed E-state index contributed by atoms with van der Waals surface area (Å²) < 4.78 is 4.70. The molecular formula is C17H31NO3. The van der Waals surface area contributed by atoms with Gasteiger partial charge in [0, 0.05) is 13.0 Å². The van der Waals surface area contributed by atoms with Gasteiger partial charge in [0.25, 0.3) is 0 Å². The lowest BCUT2D eigenvalue weighted by Crippen LogP contribution is -2.47. The van der Waals surface area contributed by atoms with Crippen molar-refractivity contribution < 1.29 is 14.6 Å². The number of nitrogens with zero attached hydrogens (tertiary/aromatic N) is 1. The summed E-state index contributed by atoms with van der Waals surface area (Å²) in [6.45, 7) is 5.24. The smallest absolute Gasteiger partial charge is 0.305 e. The number of β-amino-alcohol motifs (C(OH)–C–C–N with tert-alkyl or cyclic N) is 1. The summed E-state index contributed by atoms with van der Waals surface area (Å²) in [6, 6.07) is 0. The van der Waals surface area contributed by atoms with E-state index in [1.165, 1.54) is 7.11 Å². The Morgan fingerprint density at radius 3 is 2.43 bits per heavy atom. The molecule has 122 valence electrons. The number of methoxy groups -OCH3 is 1. The predicted octanol–water partition coefficient (Wildman–Crippen LogP) is 2.59. The second-order valence-corrected chi connectivity index (χ2v) is 7.24. The van der Waals surface area contributed by atoms with Gasteiger partial charge in [0.15, 0.2) is 0 Å². The van der Waals surface area contributed by atoms with Crippen molar-refractivity contribution in [2.45, 2.75) is 63.9 Å². The quantitative estimate of drug-likeness (QED) is 0.793. The molecule has 1 saturated heterocycles. The molecule has 2 fully saturated rings. The van der Waals surface area contributed by atoms with Gasteiger partial charge in [0.05, 0.1) is 12.7 Å². The number of hydrogen-bond acceptors (Lipinski definition) is 4. The molecule has 0 atom stereocenters. The van der Waals surface area contributed by atoms with E-state index in [4.69, 9.17) is 4.74 Å². The number of rotatable bonds is 5. The Kier molecular flexibility index (Phi) is 6.06. The molecule has 0 radical (unpaired) electrons.